The fourth-order valence-electron chi connectivity index (χ4n) is 2.21. The van der Waals surface area contributed by atoms with E-state index in [2.05, 4.69) is 12.2 Å². The van der Waals surface area contributed by atoms with Crippen molar-refractivity contribution < 1.29 is 9.53 Å². The lowest BCUT2D eigenvalue weighted by molar-refractivity contribution is 0.102. The number of carbonyl (C=O) groups is 1. The van der Waals surface area contributed by atoms with Crippen molar-refractivity contribution >= 4 is 34.8 Å². The fraction of sp³-hybridized carbons (Fsp3) is 0.316. The Kier molecular flexibility index (Phi) is 7.41. The zero-order chi connectivity index (χ0) is 17.4. The van der Waals surface area contributed by atoms with Crippen LogP contribution in [-0.4, -0.2) is 12.5 Å². The van der Waals surface area contributed by atoms with Gasteiger partial charge in [-0.2, -0.15) is 0 Å². The van der Waals surface area contributed by atoms with Crippen LogP contribution in [0, 0.1) is 0 Å². The minimum atomic E-state index is -0.242. The Morgan fingerprint density at radius 2 is 1.79 bits per heavy atom. The quantitative estimate of drug-likeness (QED) is 0.565. The second kappa shape index (κ2) is 9.55. The number of halogens is 2. The molecular formula is C19H21Cl2NO2. The Balaban J connectivity index is 1.90. The SMILES string of the molecule is CCCCCCOc1ccc(C(=O)Nc2cc(Cl)ccc2Cl)cc1. The van der Waals surface area contributed by atoms with Gasteiger partial charge in [-0.05, 0) is 48.9 Å². The Bertz CT molecular complexity index is 672. The molecule has 2 rings (SSSR count). The molecule has 0 aromatic heterocycles. The molecule has 0 aliphatic heterocycles. The zero-order valence-corrected chi connectivity index (χ0v) is 15.2. The summed E-state index contributed by atoms with van der Waals surface area (Å²) in [5.41, 5.74) is 1.02. The van der Waals surface area contributed by atoms with Gasteiger partial charge in [0, 0.05) is 10.6 Å². The molecule has 24 heavy (non-hydrogen) atoms. The van der Waals surface area contributed by atoms with E-state index >= 15 is 0 Å². The molecule has 0 aliphatic carbocycles. The molecule has 1 N–H and O–H groups in total. The zero-order valence-electron chi connectivity index (χ0n) is 13.6. The molecule has 0 aliphatic rings. The van der Waals surface area contributed by atoms with Crippen molar-refractivity contribution in [2.24, 2.45) is 0 Å². The van der Waals surface area contributed by atoms with Crippen LogP contribution >= 0.6 is 23.2 Å². The number of nitrogens with one attached hydrogen (secondary N) is 1. The predicted octanol–water partition coefficient (Wildman–Crippen LogP) is 6.20. The van der Waals surface area contributed by atoms with E-state index in [9.17, 15) is 4.79 Å². The summed E-state index contributed by atoms with van der Waals surface area (Å²) in [6.07, 6.45) is 4.66. The van der Waals surface area contributed by atoms with E-state index < -0.39 is 0 Å². The molecule has 0 fully saturated rings. The smallest absolute Gasteiger partial charge is 0.255 e. The minimum Gasteiger partial charge on any atom is -0.494 e. The molecule has 3 nitrogen and oxygen atoms in total. The molecule has 0 unspecified atom stereocenters. The van der Waals surface area contributed by atoms with Gasteiger partial charge in [0.1, 0.15) is 5.75 Å². The van der Waals surface area contributed by atoms with Gasteiger partial charge in [-0.3, -0.25) is 4.79 Å². The Hall–Kier alpha value is -1.71. The molecule has 0 saturated heterocycles. The van der Waals surface area contributed by atoms with E-state index in [0.717, 1.165) is 12.2 Å². The summed E-state index contributed by atoms with van der Waals surface area (Å²) >= 11 is 12.0. The van der Waals surface area contributed by atoms with Gasteiger partial charge in [-0.1, -0.05) is 49.4 Å². The lowest BCUT2D eigenvalue weighted by atomic mass is 10.2. The molecule has 5 heteroatoms. The number of carbonyl (C=O) groups excluding carboxylic acids is 1. The second-order valence-electron chi connectivity index (χ2n) is 5.51. The first kappa shape index (κ1) is 18.6. The van der Waals surface area contributed by atoms with Gasteiger partial charge in [0.05, 0.1) is 17.3 Å². The Morgan fingerprint density at radius 1 is 1.04 bits per heavy atom. The van der Waals surface area contributed by atoms with Gasteiger partial charge in [-0.15, -0.1) is 0 Å². The number of ether oxygens (including phenoxy) is 1. The van der Waals surface area contributed by atoms with E-state index in [0.29, 0.717) is 27.9 Å². The Morgan fingerprint density at radius 3 is 2.50 bits per heavy atom. The third-order valence-electron chi connectivity index (χ3n) is 3.56. The summed E-state index contributed by atoms with van der Waals surface area (Å²) in [7, 11) is 0. The van der Waals surface area contributed by atoms with Crippen LogP contribution in [0.15, 0.2) is 42.5 Å². The maximum Gasteiger partial charge on any atom is 0.255 e. The van der Waals surface area contributed by atoms with Crippen molar-refractivity contribution in [1.82, 2.24) is 0 Å². The summed E-state index contributed by atoms with van der Waals surface area (Å²) in [6, 6.07) is 12.0. The minimum absolute atomic E-state index is 0.242. The van der Waals surface area contributed by atoms with E-state index in [4.69, 9.17) is 27.9 Å². The van der Waals surface area contributed by atoms with Crippen molar-refractivity contribution in [3.05, 3.63) is 58.1 Å². The number of benzene rings is 2. The highest BCUT2D eigenvalue weighted by Gasteiger charge is 2.09. The lowest BCUT2D eigenvalue weighted by Gasteiger charge is -2.09. The average Bonchev–Trinajstić information content (AvgIpc) is 2.58. The van der Waals surface area contributed by atoms with Crippen molar-refractivity contribution in [3.8, 4) is 5.75 Å². The second-order valence-corrected chi connectivity index (χ2v) is 6.36. The number of hydrogen-bond donors (Lipinski definition) is 1. The maximum atomic E-state index is 12.3. The molecule has 1 amide bonds. The molecule has 128 valence electrons. The summed E-state index contributed by atoms with van der Waals surface area (Å²) < 4.78 is 5.67. The van der Waals surface area contributed by atoms with Gasteiger partial charge < -0.3 is 10.1 Å². The topological polar surface area (TPSA) is 38.3 Å². The highest BCUT2D eigenvalue weighted by molar-refractivity contribution is 6.35. The van der Waals surface area contributed by atoms with Crippen LogP contribution in [0.4, 0.5) is 5.69 Å². The number of unbranched alkanes of at least 4 members (excludes halogenated alkanes) is 3. The van der Waals surface area contributed by atoms with Crippen LogP contribution in [-0.2, 0) is 0 Å². The molecular weight excluding hydrogens is 345 g/mol. The highest BCUT2D eigenvalue weighted by atomic mass is 35.5. The van der Waals surface area contributed by atoms with E-state index in [-0.39, 0.29) is 5.91 Å². The van der Waals surface area contributed by atoms with Crippen LogP contribution in [0.1, 0.15) is 43.0 Å². The molecule has 0 atom stereocenters. The third-order valence-corrected chi connectivity index (χ3v) is 4.12. The lowest BCUT2D eigenvalue weighted by Crippen LogP contribution is -2.12. The third kappa shape index (κ3) is 5.73. The van der Waals surface area contributed by atoms with Crippen LogP contribution in [0.2, 0.25) is 10.0 Å². The van der Waals surface area contributed by atoms with Crippen molar-refractivity contribution in [3.63, 3.8) is 0 Å². The largest absolute Gasteiger partial charge is 0.494 e. The molecule has 2 aromatic rings. The summed E-state index contributed by atoms with van der Waals surface area (Å²) in [4.78, 5) is 12.3. The fourth-order valence-corrected chi connectivity index (χ4v) is 2.55. The monoisotopic (exact) mass is 365 g/mol. The summed E-state index contributed by atoms with van der Waals surface area (Å²) in [5, 5.41) is 3.72. The summed E-state index contributed by atoms with van der Waals surface area (Å²) in [6.45, 7) is 2.88. The van der Waals surface area contributed by atoms with Gasteiger partial charge in [0.25, 0.3) is 5.91 Å². The van der Waals surface area contributed by atoms with Crippen LogP contribution in [0.3, 0.4) is 0 Å². The number of anilines is 1. The normalized spacial score (nSPS) is 10.5. The molecule has 2 aromatic carbocycles. The first-order valence-corrected chi connectivity index (χ1v) is 8.85. The van der Waals surface area contributed by atoms with Gasteiger partial charge in [-0.25, -0.2) is 0 Å². The van der Waals surface area contributed by atoms with E-state index in [1.165, 1.54) is 19.3 Å². The van der Waals surface area contributed by atoms with Gasteiger partial charge >= 0.3 is 0 Å². The van der Waals surface area contributed by atoms with Crippen molar-refractivity contribution in [1.29, 1.82) is 0 Å². The molecule has 0 bridgehead atoms. The molecule has 0 radical (unpaired) electrons. The highest BCUT2D eigenvalue weighted by Crippen LogP contribution is 2.26. The molecule has 0 spiro atoms. The van der Waals surface area contributed by atoms with Crippen molar-refractivity contribution in [2.75, 3.05) is 11.9 Å². The van der Waals surface area contributed by atoms with Crippen LogP contribution < -0.4 is 10.1 Å². The van der Waals surface area contributed by atoms with Crippen molar-refractivity contribution in [2.45, 2.75) is 32.6 Å². The average molecular weight is 366 g/mol. The molecule has 0 heterocycles. The van der Waals surface area contributed by atoms with Gasteiger partial charge in [0.15, 0.2) is 0 Å². The van der Waals surface area contributed by atoms with E-state index in [1.807, 2.05) is 0 Å². The standard InChI is InChI=1S/C19H21Cl2NO2/c1-2-3-4-5-12-24-16-9-6-14(7-10-16)19(23)22-18-13-15(20)8-11-17(18)21/h6-11,13H,2-5,12H2,1H3,(H,22,23). The Labute approximate surface area is 152 Å². The van der Waals surface area contributed by atoms with Crippen LogP contribution in [0.25, 0.3) is 0 Å². The molecule has 0 saturated carbocycles. The maximum absolute atomic E-state index is 12.3. The van der Waals surface area contributed by atoms with Gasteiger partial charge in [0.2, 0.25) is 0 Å². The first-order chi connectivity index (χ1) is 11.6. The summed E-state index contributed by atoms with van der Waals surface area (Å²) in [5.74, 6) is 0.525. The number of rotatable bonds is 8. The first-order valence-electron chi connectivity index (χ1n) is 8.09. The predicted molar refractivity (Wildman–Crippen MR) is 100 cm³/mol. The van der Waals surface area contributed by atoms with Crippen LogP contribution in [0.5, 0.6) is 5.75 Å². The number of hydrogen-bond acceptors (Lipinski definition) is 2. The van der Waals surface area contributed by atoms with E-state index in [1.54, 1.807) is 42.5 Å². The number of amides is 1.